The first-order chi connectivity index (χ1) is 5.26. The average molecular weight is 150 g/mol. The van der Waals surface area contributed by atoms with Gasteiger partial charge in [-0.2, -0.15) is 5.10 Å². The molecule has 0 spiro atoms. The summed E-state index contributed by atoms with van der Waals surface area (Å²) in [6, 6.07) is 2.00. The van der Waals surface area contributed by atoms with E-state index in [2.05, 4.69) is 29.8 Å². The fourth-order valence-electron chi connectivity index (χ4n) is 1.73. The molecular formula is C9H14N2. The van der Waals surface area contributed by atoms with Crippen molar-refractivity contribution in [3.05, 3.63) is 18.5 Å². The topological polar surface area (TPSA) is 17.8 Å². The minimum Gasteiger partial charge on any atom is -0.266 e. The Morgan fingerprint density at radius 1 is 1.45 bits per heavy atom. The first kappa shape index (κ1) is 6.89. The number of rotatable bonds is 2. The van der Waals surface area contributed by atoms with Crippen LogP contribution in [0.2, 0.25) is 0 Å². The molecule has 1 heterocycles. The predicted octanol–water partition coefficient (Wildman–Crippen LogP) is 2.03. The lowest BCUT2D eigenvalue weighted by Gasteiger charge is -2.19. The van der Waals surface area contributed by atoms with E-state index in [0.29, 0.717) is 11.5 Å². The van der Waals surface area contributed by atoms with E-state index >= 15 is 0 Å². The summed E-state index contributed by atoms with van der Waals surface area (Å²) in [5.74, 6) is 0.711. The van der Waals surface area contributed by atoms with Crippen molar-refractivity contribution in [2.75, 3.05) is 0 Å². The van der Waals surface area contributed by atoms with Gasteiger partial charge in [0.1, 0.15) is 0 Å². The van der Waals surface area contributed by atoms with E-state index in [-0.39, 0.29) is 0 Å². The Bertz CT molecular complexity index is 232. The number of hydrogen-bond donors (Lipinski definition) is 0. The molecule has 0 atom stereocenters. The second-order valence-corrected chi connectivity index (χ2v) is 3.71. The Morgan fingerprint density at radius 2 is 2.18 bits per heavy atom. The summed E-state index contributed by atoms with van der Waals surface area (Å²) in [6.07, 6.45) is 6.54. The summed E-state index contributed by atoms with van der Waals surface area (Å²) in [4.78, 5) is 0. The van der Waals surface area contributed by atoms with E-state index in [1.54, 1.807) is 0 Å². The highest BCUT2D eigenvalue weighted by Gasteiger charge is 2.47. The van der Waals surface area contributed by atoms with Crippen molar-refractivity contribution in [1.82, 2.24) is 9.78 Å². The Hall–Kier alpha value is -0.790. The van der Waals surface area contributed by atoms with E-state index in [9.17, 15) is 0 Å². The van der Waals surface area contributed by atoms with Crippen molar-refractivity contribution in [2.45, 2.75) is 32.2 Å². The van der Waals surface area contributed by atoms with Crippen LogP contribution >= 0.6 is 0 Å². The molecule has 0 radical (unpaired) electrons. The number of aromatic nitrogens is 2. The van der Waals surface area contributed by atoms with E-state index < -0.39 is 0 Å². The van der Waals surface area contributed by atoms with E-state index in [0.717, 1.165) is 0 Å². The molecule has 1 fully saturated rings. The fraction of sp³-hybridized carbons (Fsp3) is 0.667. The van der Waals surface area contributed by atoms with Crippen molar-refractivity contribution < 1.29 is 0 Å². The van der Waals surface area contributed by atoms with Crippen LogP contribution in [0, 0.1) is 5.92 Å². The molecule has 0 N–H and O–H groups in total. The first-order valence-corrected chi connectivity index (χ1v) is 4.26. The zero-order valence-corrected chi connectivity index (χ0v) is 7.12. The third kappa shape index (κ3) is 0.889. The Morgan fingerprint density at radius 3 is 2.55 bits per heavy atom. The molecular weight excluding hydrogens is 136 g/mol. The fourth-order valence-corrected chi connectivity index (χ4v) is 1.73. The Balaban J connectivity index is 2.29. The maximum Gasteiger partial charge on any atom is 0.0652 e. The average Bonchev–Trinajstić information content (AvgIpc) is 2.61. The molecule has 0 aliphatic heterocycles. The number of nitrogens with zero attached hydrogens (tertiary/aromatic N) is 2. The van der Waals surface area contributed by atoms with Crippen LogP contribution < -0.4 is 0 Å². The first-order valence-electron chi connectivity index (χ1n) is 4.26. The highest BCUT2D eigenvalue weighted by molar-refractivity contribution is 5.02. The lowest BCUT2D eigenvalue weighted by molar-refractivity contribution is 0.320. The number of hydrogen-bond acceptors (Lipinski definition) is 1. The van der Waals surface area contributed by atoms with Gasteiger partial charge in [-0.05, 0) is 24.8 Å². The van der Waals surface area contributed by atoms with Crippen LogP contribution in [-0.4, -0.2) is 9.78 Å². The van der Waals surface area contributed by atoms with Gasteiger partial charge < -0.3 is 0 Å². The molecule has 2 nitrogen and oxygen atoms in total. The second-order valence-electron chi connectivity index (χ2n) is 3.71. The molecule has 0 aromatic carbocycles. The van der Waals surface area contributed by atoms with E-state index in [1.165, 1.54) is 12.8 Å². The van der Waals surface area contributed by atoms with Crippen molar-refractivity contribution >= 4 is 0 Å². The molecule has 1 aliphatic rings. The molecule has 1 saturated carbocycles. The summed E-state index contributed by atoms with van der Waals surface area (Å²) in [7, 11) is 0. The van der Waals surface area contributed by atoms with Gasteiger partial charge in [-0.1, -0.05) is 13.8 Å². The summed E-state index contributed by atoms with van der Waals surface area (Å²) >= 11 is 0. The Kier molecular flexibility index (Phi) is 1.31. The largest absolute Gasteiger partial charge is 0.266 e. The van der Waals surface area contributed by atoms with Crippen molar-refractivity contribution in [2.24, 2.45) is 5.92 Å². The highest BCUT2D eigenvalue weighted by Crippen LogP contribution is 2.48. The van der Waals surface area contributed by atoms with Crippen LogP contribution in [0.1, 0.15) is 26.7 Å². The standard InChI is InChI=1S/C9H14N2/c1-8(2)9(4-5-9)11-7-3-6-10-11/h3,6-8H,4-5H2,1-2H3. The SMILES string of the molecule is CC(C)C1(n2cccn2)CC1. The summed E-state index contributed by atoms with van der Waals surface area (Å²) < 4.78 is 2.12. The molecule has 0 bridgehead atoms. The van der Waals surface area contributed by atoms with Crippen LogP contribution in [0.25, 0.3) is 0 Å². The van der Waals surface area contributed by atoms with Crippen LogP contribution in [0.15, 0.2) is 18.5 Å². The van der Waals surface area contributed by atoms with E-state index in [1.807, 2.05) is 12.3 Å². The summed E-state index contributed by atoms with van der Waals surface area (Å²) in [5, 5.41) is 4.29. The molecule has 1 aliphatic carbocycles. The van der Waals surface area contributed by atoms with Gasteiger partial charge in [-0.15, -0.1) is 0 Å². The monoisotopic (exact) mass is 150 g/mol. The van der Waals surface area contributed by atoms with Gasteiger partial charge in [0.15, 0.2) is 0 Å². The maximum absolute atomic E-state index is 4.29. The highest BCUT2D eigenvalue weighted by atomic mass is 15.3. The van der Waals surface area contributed by atoms with Crippen LogP contribution in [-0.2, 0) is 5.54 Å². The van der Waals surface area contributed by atoms with Crippen molar-refractivity contribution in [3.8, 4) is 0 Å². The van der Waals surface area contributed by atoms with Gasteiger partial charge >= 0.3 is 0 Å². The van der Waals surface area contributed by atoms with Gasteiger partial charge in [0, 0.05) is 12.4 Å². The van der Waals surface area contributed by atoms with Gasteiger partial charge in [-0.25, -0.2) is 0 Å². The molecule has 0 amide bonds. The summed E-state index contributed by atoms with van der Waals surface area (Å²) in [5.41, 5.74) is 0.378. The van der Waals surface area contributed by atoms with Crippen LogP contribution in [0.3, 0.4) is 0 Å². The third-order valence-corrected chi connectivity index (χ3v) is 2.80. The van der Waals surface area contributed by atoms with Crippen LogP contribution in [0.4, 0.5) is 0 Å². The molecule has 1 aromatic heterocycles. The molecule has 11 heavy (non-hydrogen) atoms. The van der Waals surface area contributed by atoms with Crippen molar-refractivity contribution in [3.63, 3.8) is 0 Å². The predicted molar refractivity (Wildman–Crippen MR) is 44.3 cm³/mol. The molecule has 1 aromatic rings. The molecule has 0 saturated heterocycles. The molecule has 2 heteroatoms. The quantitative estimate of drug-likeness (QED) is 0.630. The smallest absolute Gasteiger partial charge is 0.0652 e. The lowest BCUT2D eigenvalue weighted by atomic mass is 10.0. The zero-order valence-electron chi connectivity index (χ0n) is 7.12. The minimum atomic E-state index is 0.378. The Labute approximate surface area is 67.2 Å². The molecule has 2 rings (SSSR count). The van der Waals surface area contributed by atoms with Crippen LogP contribution in [0.5, 0.6) is 0 Å². The zero-order chi connectivity index (χ0) is 7.90. The van der Waals surface area contributed by atoms with Gasteiger partial charge in [0.2, 0.25) is 0 Å². The normalized spacial score (nSPS) is 20.6. The minimum absolute atomic E-state index is 0.378. The van der Waals surface area contributed by atoms with Gasteiger partial charge in [0.05, 0.1) is 5.54 Å². The lowest BCUT2D eigenvalue weighted by Crippen LogP contribution is -2.23. The summed E-state index contributed by atoms with van der Waals surface area (Å²) in [6.45, 7) is 4.54. The van der Waals surface area contributed by atoms with Gasteiger partial charge in [0.25, 0.3) is 0 Å². The maximum atomic E-state index is 4.29. The van der Waals surface area contributed by atoms with Gasteiger partial charge in [-0.3, -0.25) is 4.68 Å². The van der Waals surface area contributed by atoms with Crippen molar-refractivity contribution in [1.29, 1.82) is 0 Å². The van der Waals surface area contributed by atoms with E-state index in [4.69, 9.17) is 0 Å². The second kappa shape index (κ2) is 2.10. The molecule has 60 valence electrons. The molecule has 0 unspecified atom stereocenters. The third-order valence-electron chi connectivity index (χ3n) is 2.80.